The number of nitrogens with zero attached hydrogens (tertiary/aromatic N) is 2. The lowest BCUT2D eigenvalue weighted by molar-refractivity contribution is 0.0941. The Morgan fingerprint density at radius 3 is 2.90 bits per heavy atom. The molecule has 1 aliphatic carbocycles. The molecule has 2 aliphatic rings. The van der Waals surface area contributed by atoms with Crippen molar-refractivity contribution < 1.29 is 9.32 Å². The molecule has 1 saturated heterocycles. The molecule has 1 atom stereocenters. The van der Waals surface area contributed by atoms with E-state index in [0.29, 0.717) is 23.9 Å². The molecule has 1 N–H and O–H groups in total. The van der Waals surface area contributed by atoms with E-state index in [0.717, 1.165) is 25.1 Å². The first-order valence-electron chi connectivity index (χ1n) is 8.19. The van der Waals surface area contributed by atoms with Gasteiger partial charge in [-0.05, 0) is 44.7 Å². The number of rotatable bonds is 6. The minimum Gasteiger partial charge on any atom is -0.364 e. The van der Waals surface area contributed by atoms with Crippen LogP contribution in [0, 0.1) is 5.92 Å². The topological polar surface area (TPSA) is 58.4 Å². The van der Waals surface area contributed by atoms with Crippen LogP contribution in [0.3, 0.4) is 0 Å². The molecular formula is C16H25N3O2. The Morgan fingerprint density at radius 2 is 2.19 bits per heavy atom. The van der Waals surface area contributed by atoms with Gasteiger partial charge in [-0.3, -0.25) is 4.79 Å². The Balaban J connectivity index is 1.45. The highest BCUT2D eigenvalue weighted by molar-refractivity contribution is 5.95. The van der Waals surface area contributed by atoms with Crippen molar-refractivity contribution in [2.24, 2.45) is 5.92 Å². The highest BCUT2D eigenvalue weighted by Gasteiger charge is 2.31. The number of hydrogen-bond donors (Lipinski definition) is 1. The van der Waals surface area contributed by atoms with Gasteiger partial charge in [0.15, 0.2) is 0 Å². The minimum atomic E-state index is -0.0383. The van der Waals surface area contributed by atoms with Crippen molar-refractivity contribution >= 4 is 5.91 Å². The second-order valence-electron chi connectivity index (χ2n) is 6.56. The van der Waals surface area contributed by atoms with E-state index in [1.54, 1.807) is 0 Å². The average molecular weight is 291 g/mol. The molecule has 0 radical (unpaired) electrons. The summed E-state index contributed by atoms with van der Waals surface area (Å²) in [5.74, 6) is 0.871. The molecule has 0 spiro atoms. The normalized spacial score (nSPS) is 21.2. The van der Waals surface area contributed by atoms with E-state index >= 15 is 0 Å². The zero-order valence-corrected chi connectivity index (χ0v) is 12.8. The Morgan fingerprint density at radius 1 is 1.43 bits per heavy atom. The van der Waals surface area contributed by atoms with Crippen LogP contribution in [0.15, 0.2) is 10.8 Å². The Hall–Kier alpha value is -1.36. The average Bonchev–Trinajstić information content (AvgIpc) is 3.23. The summed E-state index contributed by atoms with van der Waals surface area (Å²) in [7, 11) is 0. The van der Waals surface area contributed by atoms with Crippen molar-refractivity contribution in [2.45, 2.75) is 44.9 Å². The fraction of sp³-hybridized carbons (Fsp3) is 0.750. The molecule has 0 aromatic carbocycles. The van der Waals surface area contributed by atoms with Gasteiger partial charge in [-0.25, -0.2) is 0 Å². The third-order valence-corrected chi connectivity index (χ3v) is 4.44. The van der Waals surface area contributed by atoms with Crippen LogP contribution in [0.1, 0.15) is 61.0 Å². The predicted octanol–water partition coefficient (Wildman–Crippen LogP) is 2.40. The van der Waals surface area contributed by atoms with E-state index in [1.807, 2.05) is 0 Å². The van der Waals surface area contributed by atoms with Gasteiger partial charge in [-0.15, -0.1) is 0 Å². The van der Waals surface area contributed by atoms with Gasteiger partial charge in [0, 0.05) is 19.0 Å². The van der Waals surface area contributed by atoms with Crippen molar-refractivity contribution in [3.63, 3.8) is 0 Å². The molecule has 5 heteroatoms. The van der Waals surface area contributed by atoms with Crippen molar-refractivity contribution in [2.75, 3.05) is 26.2 Å². The first-order valence-corrected chi connectivity index (χ1v) is 8.19. The third-order valence-electron chi connectivity index (χ3n) is 4.44. The van der Waals surface area contributed by atoms with Gasteiger partial charge in [0.25, 0.3) is 5.91 Å². The van der Waals surface area contributed by atoms with Crippen LogP contribution in [-0.4, -0.2) is 42.1 Å². The van der Waals surface area contributed by atoms with Crippen LogP contribution in [-0.2, 0) is 0 Å². The molecule has 21 heavy (non-hydrogen) atoms. The number of carbonyl (C=O) groups excluding carboxylic acids is 1. The molecule has 5 nitrogen and oxygen atoms in total. The number of likely N-dealkylation sites (tertiary alicyclic amines) is 1. The Bertz CT molecular complexity index is 476. The van der Waals surface area contributed by atoms with E-state index in [1.165, 1.54) is 38.6 Å². The smallest absolute Gasteiger partial charge is 0.256 e. The van der Waals surface area contributed by atoms with Gasteiger partial charge < -0.3 is 14.7 Å². The van der Waals surface area contributed by atoms with Gasteiger partial charge in [0.1, 0.15) is 11.8 Å². The molecule has 2 fully saturated rings. The third kappa shape index (κ3) is 3.84. The van der Waals surface area contributed by atoms with Crippen LogP contribution in [0.4, 0.5) is 0 Å². The minimum absolute atomic E-state index is 0.0383. The molecular weight excluding hydrogens is 266 g/mol. The molecule has 116 valence electrons. The molecule has 1 aromatic rings. The van der Waals surface area contributed by atoms with Crippen LogP contribution < -0.4 is 5.32 Å². The van der Waals surface area contributed by atoms with Crippen molar-refractivity contribution in [3.8, 4) is 0 Å². The summed E-state index contributed by atoms with van der Waals surface area (Å²) in [5, 5.41) is 7.01. The monoisotopic (exact) mass is 291 g/mol. The van der Waals surface area contributed by atoms with E-state index in [4.69, 9.17) is 4.52 Å². The van der Waals surface area contributed by atoms with Crippen LogP contribution in [0.5, 0.6) is 0 Å². The lowest BCUT2D eigenvalue weighted by atomic mass is 10.1. The summed E-state index contributed by atoms with van der Waals surface area (Å²) < 4.78 is 4.98. The first kappa shape index (κ1) is 14.6. The molecule has 1 unspecified atom stereocenters. The van der Waals surface area contributed by atoms with Crippen molar-refractivity contribution in [3.05, 3.63) is 17.5 Å². The standard InChI is InChI=1S/C16H25N3O2/c1-12(10-19-7-3-2-4-8-19)9-17-16(20)14-11-21-18-15(14)13-5-6-13/h11-13H,2-10H2,1H3,(H,17,20). The number of piperidine rings is 1. The first-order chi connectivity index (χ1) is 10.2. The summed E-state index contributed by atoms with van der Waals surface area (Å²) in [6.45, 7) is 6.39. The van der Waals surface area contributed by atoms with Crippen molar-refractivity contribution in [1.82, 2.24) is 15.4 Å². The van der Waals surface area contributed by atoms with Crippen LogP contribution in [0.25, 0.3) is 0 Å². The van der Waals surface area contributed by atoms with E-state index in [9.17, 15) is 4.79 Å². The number of carbonyl (C=O) groups is 1. The van der Waals surface area contributed by atoms with Crippen molar-refractivity contribution in [1.29, 1.82) is 0 Å². The maximum atomic E-state index is 12.2. The summed E-state index contributed by atoms with van der Waals surface area (Å²) in [6, 6.07) is 0. The summed E-state index contributed by atoms with van der Waals surface area (Å²) >= 11 is 0. The quantitative estimate of drug-likeness (QED) is 0.874. The Kier molecular flexibility index (Phi) is 4.58. The molecule has 1 aliphatic heterocycles. The van der Waals surface area contributed by atoms with Gasteiger partial charge in [-0.2, -0.15) is 0 Å². The molecule has 2 heterocycles. The SMILES string of the molecule is CC(CNC(=O)c1conc1C1CC1)CN1CCCCC1. The highest BCUT2D eigenvalue weighted by Crippen LogP contribution is 2.40. The maximum absolute atomic E-state index is 12.2. The molecule has 1 saturated carbocycles. The molecule has 1 amide bonds. The second kappa shape index (κ2) is 6.60. The lowest BCUT2D eigenvalue weighted by Crippen LogP contribution is -2.38. The maximum Gasteiger partial charge on any atom is 0.256 e. The number of hydrogen-bond acceptors (Lipinski definition) is 4. The highest BCUT2D eigenvalue weighted by atomic mass is 16.5. The Labute approximate surface area is 126 Å². The summed E-state index contributed by atoms with van der Waals surface area (Å²) in [6.07, 6.45) is 7.71. The number of aromatic nitrogens is 1. The van der Waals surface area contributed by atoms with Gasteiger partial charge in [-0.1, -0.05) is 18.5 Å². The fourth-order valence-corrected chi connectivity index (χ4v) is 3.08. The number of nitrogens with one attached hydrogen (secondary N) is 1. The fourth-order valence-electron chi connectivity index (χ4n) is 3.08. The lowest BCUT2D eigenvalue weighted by Gasteiger charge is -2.29. The zero-order chi connectivity index (χ0) is 14.7. The predicted molar refractivity (Wildman–Crippen MR) is 80.3 cm³/mol. The van der Waals surface area contributed by atoms with Gasteiger partial charge >= 0.3 is 0 Å². The molecule has 1 aromatic heterocycles. The molecule has 3 rings (SSSR count). The molecule has 0 bridgehead atoms. The van der Waals surface area contributed by atoms with Gasteiger partial charge in [0.05, 0.1) is 5.69 Å². The number of amides is 1. The second-order valence-corrected chi connectivity index (χ2v) is 6.56. The van der Waals surface area contributed by atoms with E-state index < -0.39 is 0 Å². The summed E-state index contributed by atoms with van der Waals surface area (Å²) in [5.41, 5.74) is 1.47. The van der Waals surface area contributed by atoms with E-state index in [2.05, 4.69) is 22.3 Å². The van der Waals surface area contributed by atoms with E-state index in [-0.39, 0.29) is 5.91 Å². The largest absolute Gasteiger partial charge is 0.364 e. The summed E-state index contributed by atoms with van der Waals surface area (Å²) in [4.78, 5) is 14.7. The van der Waals surface area contributed by atoms with Crippen LogP contribution >= 0.6 is 0 Å². The van der Waals surface area contributed by atoms with Gasteiger partial charge in [0.2, 0.25) is 0 Å². The zero-order valence-electron chi connectivity index (χ0n) is 12.8. The van der Waals surface area contributed by atoms with Crippen LogP contribution in [0.2, 0.25) is 0 Å².